The molecule has 1 atom stereocenters. The lowest BCUT2D eigenvalue weighted by molar-refractivity contribution is -0.122. The van der Waals surface area contributed by atoms with E-state index in [1.54, 1.807) is 20.8 Å². The standard InChI is InChI=1S/C18H27NO3S/c1-17(2,3)22-16(21)19-14(15(20)18(4,5)23-6)12-13-10-8-7-9-11-13/h7-11,14H,12H2,1-6H3,(H,19,21)/t14-/m1/s1. The van der Waals surface area contributed by atoms with Crippen LogP contribution in [-0.2, 0) is 16.0 Å². The lowest BCUT2D eigenvalue weighted by Gasteiger charge is -2.28. The number of ether oxygens (including phenoxy) is 1. The van der Waals surface area contributed by atoms with E-state index in [9.17, 15) is 9.59 Å². The molecule has 0 aliphatic heterocycles. The molecule has 0 saturated carbocycles. The van der Waals surface area contributed by atoms with Crippen molar-refractivity contribution in [3.63, 3.8) is 0 Å². The van der Waals surface area contributed by atoms with Crippen LogP contribution in [0.25, 0.3) is 0 Å². The molecule has 0 spiro atoms. The van der Waals surface area contributed by atoms with Gasteiger partial charge < -0.3 is 10.1 Å². The summed E-state index contributed by atoms with van der Waals surface area (Å²) in [6.45, 7) is 9.13. The summed E-state index contributed by atoms with van der Waals surface area (Å²) in [4.78, 5) is 24.9. The molecule has 0 heterocycles. The zero-order valence-electron chi connectivity index (χ0n) is 14.8. The van der Waals surface area contributed by atoms with Crippen LogP contribution in [0.4, 0.5) is 4.79 Å². The predicted molar refractivity (Wildman–Crippen MR) is 95.9 cm³/mol. The highest BCUT2D eigenvalue weighted by Crippen LogP contribution is 2.25. The van der Waals surface area contributed by atoms with Crippen LogP contribution in [0.3, 0.4) is 0 Å². The molecular formula is C18H27NO3S. The van der Waals surface area contributed by atoms with Crippen LogP contribution in [-0.4, -0.2) is 34.5 Å². The van der Waals surface area contributed by atoms with E-state index in [1.807, 2.05) is 50.4 Å². The number of Topliss-reactive ketones (excluding diaryl/α,β-unsaturated/α-hetero) is 1. The van der Waals surface area contributed by atoms with Crippen LogP contribution >= 0.6 is 11.8 Å². The highest BCUT2D eigenvalue weighted by molar-refractivity contribution is 8.00. The fourth-order valence-corrected chi connectivity index (χ4v) is 2.37. The maximum Gasteiger partial charge on any atom is 0.408 e. The first-order valence-corrected chi connectivity index (χ1v) is 8.90. The van der Waals surface area contributed by atoms with E-state index in [-0.39, 0.29) is 5.78 Å². The van der Waals surface area contributed by atoms with Gasteiger partial charge in [0.05, 0.1) is 10.8 Å². The lowest BCUT2D eigenvalue weighted by Crippen LogP contribution is -2.50. The van der Waals surface area contributed by atoms with Crippen LogP contribution in [0.2, 0.25) is 0 Å². The number of alkyl carbamates (subject to hydrolysis) is 1. The lowest BCUT2D eigenvalue weighted by atomic mass is 9.95. The van der Waals surface area contributed by atoms with E-state index in [2.05, 4.69) is 5.32 Å². The highest BCUT2D eigenvalue weighted by Gasteiger charge is 2.34. The molecule has 4 nitrogen and oxygen atoms in total. The third-order valence-corrected chi connectivity index (χ3v) is 4.62. The van der Waals surface area contributed by atoms with Crippen LogP contribution < -0.4 is 5.32 Å². The normalized spacial score (nSPS) is 13.3. The summed E-state index contributed by atoms with van der Waals surface area (Å²) in [6, 6.07) is 9.04. The number of ketones is 1. The summed E-state index contributed by atoms with van der Waals surface area (Å²) in [7, 11) is 0. The molecule has 0 bridgehead atoms. The maximum atomic E-state index is 12.8. The predicted octanol–water partition coefficient (Wildman–Crippen LogP) is 3.83. The second kappa shape index (κ2) is 7.86. The van der Waals surface area contributed by atoms with Gasteiger partial charge in [0.2, 0.25) is 0 Å². The summed E-state index contributed by atoms with van der Waals surface area (Å²) in [5, 5.41) is 2.74. The third kappa shape index (κ3) is 6.65. The second-order valence-corrected chi connectivity index (χ2v) is 8.40. The van der Waals surface area contributed by atoms with Crippen LogP contribution in [0.15, 0.2) is 30.3 Å². The molecule has 0 saturated heterocycles. The van der Waals surface area contributed by atoms with E-state index in [0.29, 0.717) is 6.42 Å². The van der Waals surface area contributed by atoms with E-state index in [0.717, 1.165) is 5.56 Å². The smallest absolute Gasteiger partial charge is 0.408 e. The van der Waals surface area contributed by atoms with Gasteiger partial charge in [-0.2, -0.15) is 11.8 Å². The molecule has 1 aromatic rings. The quantitative estimate of drug-likeness (QED) is 0.857. The molecule has 0 aliphatic carbocycles. The number of carbonyl (C=O) groups excluding carboxylic acids is 2. The SMILES string of the molecule is CSC(C)(C)C(=O)[C@@H](Cc1ccccc1)NC(=O)OC(C)(C)C. The van der Waals surface area contributed by atoms with E-state index < -0.39 is 22.5 Å². The van der Waals surface area contributed by atoms with Crippen LogP contribution in [0, 0.1) is 0 Å². The Bertz CT molecular complexity index is 535. The Balaban J connectivity index is 2.93. The number of hydrogen-bond donors (Lipinski definition) is 1. The Hall–Kier alpha value is -1.49. The Kier molecular flexibility index (Phi) is 6.69. The molecule has 1 aromatic carbocycles. The van der Waals surface area contributed by atoms with E-state index in [1.165, 1.54) is 11.8 Å². The van der Waals surface area contributed by atoms with Crippen molar-refractivity contribution in [2.75, 3.05) is 6.26 Å². The van der Waals surface area contributed by atoms with Crippen molar-refractivity contribution >= 4 is 23.6 Å². The van der Waals surface area contributed by atoms with E-state index >= 15 is 0 Å². The fraction of sp³-hybridized carbons (Fsp3) is 0.556. The van der Waals surface area contributed by atoms with Gasteiger partial charge in [0.1, 0.15) is 5.60 Å². The average molecular weight is 337 g/mol. The van der Waals surface area contributed by atoms with Gasteiger partial charge in [0.15, 0.2) is 5.78 Å². The number of hydrogen-bond acceptors (Lipinski definition) is 4. The van der Waals surface area contributed by atoms with Crippen molar-refractivity contribution in [1.82, 2.24) is 5.32 Å². The third-order valence-electron chi connectivity index (χ3n) is 3.39. The second-order valence-electron chi connectivity index (χ2n) is 6.97. The first-order chi connectivity index (χ1) is 10.5. The molecule has 0 unspecified atom stereocenters. The molecule has 128 valence electrons. The number of benzene rings is 1. The molecule has 1 N–H and O–H groups in total. The van der Waals surface area contributed by atoms with Gasteiger partial charge in [0, 0.05) is 0 Å². The minimum atomic E-state index is -0.616. The van der Waals surface area contributed by atoms with Gasteiger partial charge in [-0.05, 0) is 52.9 Å². The molecule has 23 heavy (non-hydrogen) atoms. The number of amides is 1. The minimum Gasteiger partial charge on any atom is -0.444 e. The number of carbonyl (C=O) groups is 2. The molecule has 0 aliphatic rings. The van der Waals surface area contributed by atoms with Gasteiger partial charge in [0.25, 0.3) is 0 Å². The highest BCUT2D eigenvalue weighted by atomic mass is 32.2. The Labute approximate surface area is 143 Å². The molecule has 0 aromatic heterocycles. The van der Waals surface area contributed by atoms with Gasteiger partial charge in [-0.1, -0.05) is 30.3 Å². The van der Waals surface area contributed by atoms with E-state index in [4.69, 9.17) is 4.74 Å². The fourth-order valence-electron chi connectivity index (χ4n) is 2.03. The minimum absolute atomic E-state index is 0.0142. The van der Waals surface area contributed by atoms with Gasteiger partial charge >= 0.3 is 6.09 Å². The molecule has 5 heteroatoms. The van der Waals surface area contributed by atoms with Crippen molar-refractivity contribution in [2.45, 2.75) is 57.4 Å². The Morgan fingerprint density at radius 3 is 2.17 bits per heavy atom. The summed E-state index contributed by atoms with van der Waals surface area (Å²) in [5.41, 5.74) is 0.401. The molecule has 0 radical (unpaired) electrons. The Morgan fingerprint density at radius 2 is 1.70 bits per heavy atom. The summed E-state index contributed by atoms with van der Waals surface area (Å²) in [6.07, 6.45) is 1.78. The van der Waals surface area contributed by atoms with Crippen molar-refractivity contribution in [1.29, 1.82) is 0 Å². The number of thioether (sulfide) groups is 1. The molecule has 1 rings (SSSR count). The van der Waals surface area contributed by atoms with Crippen LogP contribution in [0.5, 0.6) is 0 Å². The van der Waals surface area contributed by atoms with Gasteiger partial charge in [-0.15, -0.1) is 0 Å². The van der Waals surface area contributed by atoms with Gasteiger partial charge in [-0.3, -0.25) is 4.79 Å². The molecular weight excluding hydrogens is 310 g/mol. The number of rotatable bonds is 6. The monoisotopic (exact) mass is 337 g/mol. The average Bonchev–Trinajstić information content (AvgIpc) is 2.45. The zero-order valence-corrected chi connectivity index (χ0v) is 15.6. The van der Waals surface area contributed by atoms with Crippen molar-refractivity contribution in [3.8, 4) is 0 Å². The first-order valence-electron chi connectivity index (χ1n) is 7.68. The van der Waals surface area contributed by atoms with Crippen LogP contribution in [0.1, 0.15) is 40.2 Å². The number of nitrogens with one attached hydrogen (secondary N) is 1. The topological polar surface area (TPSA) is 55.4 Å². The molecule has 0 fully saturated rings. The largest absolute Gasteiger partial charge is 0.444 e. The summed E-state index contributed by atoms with van der Waals surface area (Å²) in [5.74, 6) is -0.0142. The molecule has 1 amide bonds. The Morgan fingerprint density at radius 1 is 1.13 bits per heavy atom. The summed E-state index contributed by atoms with van der Waals surface area (Å²) < 4.78 is 4.72. The van der Waals surface area contributed by atoms with Gasteiger partial charge in [-0.25, -0.2) is 4.79 Å². The summed E-state index contributed by atoms with van der Waals surface area (Å²) >= 11 is 1.47. The first kappa shape index (κ1) is 19.6. The maximum absolute atomic E-state index is 12.8. The van der Waals surface area contributed by atoms with Crippen molar-refractivity contribution < 1.29 is 14.3 Å². The zero-order chi connectivity index (χ0) is 17.7. The van der Waals surface area contributed by atoms with Crippen molar-refractivity contribution in [2.24, 2.45) is 0 Å². The van der Waals surface area contributed by atoms with Crippen molar-refractivity contribution in [3.05, 3.63) is 35.9 Å².